The van der Waals surface area contributed by atoms with E-state index in [1.165, 1.54) is 45.5 Å². The second kappa shape index (κ2) is 5.73. The number of aromatic nitrogens is 1. The van der Waals surface area contributed by atoms with Crippen molar-refractivity contribution in [1.82, 2.24) is 14.8 Å². The lowest BCUT2D eigenvalue weighted by Gasteiger charge is -2.64. The van der Waals surface area contributed by atoms with Crippen LogP contribution >= 0.6 is 0 Å². The van der Waals surface area contributed by atoms with Gasteiger partial charge in [0.05, 0.1) is 17.8 Å². The molecule has 2 aliphatic carbocycles. The van der Waals surface area contributed by atoms with Crippen LogP contribution in [0.2, 0.25) is 0 Å². The fraction of sp³-hybridized carbons (Fsp3) is 0.481. The van der Waals surface area contributed by atoms with Crippen molar-refractivity contribution in [2.45, 2.75) is 57.3 Å². The Morgan fingerprint density at radius 2 is 2.03 bits per heavy atom. The molecule has 4 atom stereocenters. The first-order valence-corrected chi connectivity index (χ1v) is 11.8. The van der Waals surface area contributed by atoms with Gasteiger partial charge in [0.1, 0.15) is 11.9 Å². The Morgan fingerprint density at radius 1 is 1.19 bits per heavy atom. The number of rotatable bonds is 2. The summed E-state index contributed by atoms with van der Waals surface area (Å²) >= 11 is 0. The molecular formula is C27H31N3O. The third kappa shape index (κ3) is 1.88. The average molecular weight is 414 g/mol. The molecule has 3 aromatic rings. The van der Waals surface area contributed by atoms with Crippen LogP contribution in [0.25, 0.3) is 10.9 Å². The Labute approximate surface area is 184 Å². The summed E-state index contributed by atoms with van der Waals surface area (Å²) in [6, 6.07) is 14.2. The smallest absolute Gasteiger partial charge is 0.149 e. The molecule has 1 fully saturated rings. The summed E-state index contributed by atoms with van der Waals surface area (Å²) in [6.45, 7) is 6.77. The molecule has 2 aliphatic heterocycles. The first kappa shape index (κ1) is 18.3. The molecule has 160 valence electrons. The van der Waals surface area contributed by atoms with Crippen LogP contribution < -0.4 is 10.1 Å². The fourth-order valence-electron chi connectivity index (χ4n) is 8.04. The van der Waals surface area contributed by atoms with Gasteiger partial charge in [0.2, 0.25) is 0 Å². The lowest BCUT2D eigenvalue weighted by molar-refractivity contribution is -0.0914. The van der Waals surface area contributed by atoms with Gasteiger partial charge in [0.15, 0.2) is 0 Å². The van der Waals surface area contributed by atoms with E-state index in [2.05, 4.69) is 72.1 Å². The van der Waals surface area contributed by atoms with E-state index in [1.54, 1.807) is 5.56 Å². The number of likely N-dealkylation sites (N-methyl/N-ethyl adjacent to an activating group) is 1. The van der Waals surface area contributed by atoms with E-state index in [1.807, 2.05) is 7.05 Å². The average Bonchev–Trinajstić information content (AvgIpc) is 3.26. The van der Waals surface area contributed by atoms with Crippen LogP contribution in [-0.2, 0) is 24.9 Å². The summed E-state index contributed by atoms with van der Waals surface area (Å²) in [7, 11) is 4.39. The van der Waals surface area contributed by atoms with E-state index in [0.29, 0.717) is 6.04 Å². The number of hydrogen-bond donors (Lipinski definition) is 1. The summed E-state index contributed by atoms with van der Waals surface area (Å²) in [5, 5.41) is 4.84. The predicted octanol–water partition coefficient (Wildman–Crippen LogP) is 4.32. The Bertz CT molecular complexity index is 1260. The SMILES string of the molecule is CNCn1c2c(c3ccccc31)C[C@@]1(C)[C@H]3Cc4ccc(C)c5c4[C@@]1(CCN3C)[C@H]2O5. The Morgan fingerprint density at radius 3 is 2.87 bits per heavy atom. The minimum Gasteiger partial charge on any atom is -0.483 e. The number of nitrogens with zero attached hydrogens (tertiary/aromatic N) is 2. The van der Waals surface area contributed by atoms with E-state index in [-0.39, 0.29) is 16.9 Å². The summed E-state index contributed by atoms with van der Waals surface area (Å²) in [6.07, 6.45) is 3.53. The number of piperidine rings is 1. The van der Waals surface area contributed by atoms with Crippen molar-refractivity contribution < 1.29 is 4.74 Å². The molecule has 4 heteroatoms. The summed E-state index contributed by atoms with van der Waals surface area (Å²) in [5.74, 6) is 1.19. The second-order valence-corrected chi connectivity index (χ2v) is 10.6. The molecule has 4 aliphatic rings. The van der Waals surface area contributed by atoms with Crippen molar-refractivity contribution >= 4 is 10.9 Å². The van der Waals surface area contributed by atoms with Crippen LogP contribution in [-0.4, -0.2) is 36.1 Å². The molecule has 1 spiro atoms. The van der Waals surface area contributed by atoms with E-state index in [0.717, 1.165) is 26.1 Å². The molecule has 1 saturated heterocycles. The van der Waals surface area contributed by atoms with Gasteiger partial charge in [0.25, 0.3) is 0 Å². The number of benzene rings is 2. The molecule has 1 aromatic heterocycles. The summed E-state index contributed by atoms with van der Waals surface area (Å²) < 4.78 is 9.59. The van der Waals surface area contributed by atoms with Crippen LogP contribution in [0.4, 0.5) is 0 Å². The van der Waals surface area contributed by atoms with Crippen LogP contribution in [0.1, 0.15) is 47.4 Å². The van der Waals surface area contributed by atoms with Crippen molar-refractivity contribution in [3.05, 3.63) is 64.3 Å². The van der Waals surface area contributed by atoms with Crippen molar-refractivity contribution in [2.75, 3.05) is 20.6 Å². The van der Waals surface area contributed by atoms with Crippen LogP contribution in [0, 0.1) is 12.3 Å². The summed E-state index contributed by atoms with van der Waals surface area (Å²) in [4.78, 5) is 2.64. The monoisotopic (exact) mass is 413 g/mol. The van der Waals surface area contributed by atoms with Gasteiger partial charge in [-0.05, 0) is 69.6 Å². The molecule has 0 radical (unpaired) electrons. The molecule has 2 bridgehead atoms. The molecule has 0 saturated carbocycles. The molecule has 2 aromatic carbocycles. The highest BCUT2D eigenvalue weighted by atomic mass is 16.5. The van der Waals surface area contributed by atoms with Crippen molar-refractivity contribution in [2.24, 2.45) is 5.41 Å². The number of para-hydroxylation sites is 1. The second-order valence-electron chi connectivity index (χ2n) is 10.6. The number of nitrogens with one attached hydrogen (secondary N) is 1. The lowest BCUT2D eigenvalue weighted by atomic mass is 9.44. The highest BCUT2D eigenvalue weighted by Gasteiger charge is 2.70. The van der Waals surface area contributed by atoms with Gasteiger partial charge in [-0.25, -0.2) is 0 Å². The van der Waals surface area contributed by atoms with Gasteiger partial charge in [0, 0.05) is 27.9 Å². The Kier molecular flexibility index (Phi) is 3.38. The van der Waals surface area contributed by atoms with Crippen molar-refractivity contribution in [3.63, 3.8) is 0 Å². The Hall–Kier alpha value is -2.30. The zero-order chi connectivity index (χ0) is 21.1. The topological polar surface area (TPSA) is 29.4 Å². The maximum atomic E-state index is 7.09. The van der Waals surface area contributed by atoms with E-state index < -0.39 is 0 Å². The number of ether oxygens (including phenoxy) is 1. The lowest BCUT2D eigenvalue weighted by Crippen LogP contribution is -2.68. The molecular weight excluding hydrogens is 382 g/mol. The standard InChI is InChI=1S/C27H31N3O/c1-16-9-10-17-13-21-26(2)14-19-18-7-5-6-8-20(18)30(15-28-3)23(19)25-27(26,11-12-29(21)4)22(17)24(16)31-25/h5-10,21,25,28H,11-15H2,1-4H3/t21-,25+,26+,27+/m1/s1. The molecule has 0 amide bonds. The fourth-order valence-corrected chi connectivity index (χ4v) is 8.04. The highest BCUT2D eigenvalue weighted by Crippen LogP contribution is 2.71. The normalized spacial score (nSPS) is 32.6. The minimum atomic E-state index is 0.0615. The van der Waals surface area contributed by atoms with Crippen LogP contribution in [0.5, 0.6) is 5.75 Å². The largest absolute Gasteiger partial charge is 0.483 e. The number of fused-ring (bicyclic) bond motifs is 4. The molecule has 31 heavy (non-hydrogen) atoms. The third-order valence-electron chi connectivity index (χ3n) is 9.36. The maximum absolute atomic E-state index is 7.09. The third-order valence-corrected chi connectivity index (χ3v) is 9.36. The van der Waals surface area contributed by atoms with Crippen molar-refractivity contribution in [1.29, 1.82) is 0 Å². The molecule has 7 rings (SSSR count). The summed E-state index contributed by atoms with van der Waals surface area (Å²) in [5.41, 5.74) is 8.86. The predicted molar refractivity (Wildman–Crippen MR) is 124 cm³/mol. The van der Waals surface area contributed by atoms with E-state index >= 15 is 0 Å². The van der Waals surface area contributed by atoms with Crippen molar-refractivity contribution in [3.8, 4) is 5.75 Å². The first-order chi connectivity index (χ1) is 15.0. The van der Waals surface area contributed by atoms with Gasteiger partial charge >= 0.3 is 0 Å². The molecule has 1 N–H and O–H groups in total. The highest BCUT2D eigenvalue weighted by molar-refractivity contribution is 5.87. The number of aryl methyl sites for hydroxylation is 1. The number of hydrogen-bond acceptors (Lipinski definition) is 3. The van der Waals surface area contributed by atoms with Gasteiger partial charge in [-0.2, -0.15) is 0 Å². The van der Waals surface area contributed by atoms with Gasteiger partial charge < -0.3 is 19.5 Å². The quantitative estimate of drug-likeness (QED) is 0.678. The van der Waals surface area contributed by atoms with Gasteiger partial charge in [-0.3, -0.25) is 0 Å². The number of likely N-dealkylation sites (tertiary alicyclic amines) is 1. The van der Waals surface area contributed by atoms with Gasteiger partial charge in [-0.1, -0.05) is 37.3 Å². The maximum Gasteiger partial charge on any atom is 0.149 e. The Balaban J connectivity index is 1.61. The minimum absolute atomic E-state index is 0.0615. The zero-order valence-corrected chi connectivity index (χ0v) is 19.0. The first-order valence-electron chi connectivity index (χ1n) is 11.8. The molecule has 3 heterocycles. The van der Waals surface area contributed by atoms with Crippen LogP contribution in [0.15, 0.2) is 36.4 Å². The van der Waals surface area contributed by atoms with Gasteiger partial charge in [-0.15, -0.1) is 0 Å². The zero-order valence-electron chi connectivity index (χ0n) is 19.0. The molecule has 0 unspecified atom stereocenters. The van der Waals surface area contributed by atoms with E-state index in [9.17, 15) is 0 Å². The van der Waals surface area contributed by atoms with Crippen LogP contribution in [0.3, 0.4) is 0 Å². The molecule has 4 nitrogen and oxygen atoms in total. The van der Waals surface area contributed by atoms with E-state index in [4.69, 9.17) is 4.74 Å².